The van der Waals surface area contributed by atoms with Crippen LogP contribution in [0.4, 0.5) is 11.4 Å². The Morgan fingerprint density at radius 1 is 1.29 bits per heavy atom. The minimum Gasteiger partial charge on any atom is -0.469 e. The number of amides is 1. The number of furan rings is 1. The summed E-state index contributed by atoms with van der Waals surface area (Å²) in [4.78, 5) is 11.9. The van der Waals surface area contributed by atoms with Crippen LogP contribution in [0.25, 0.3) is 0 Å². The van der Waals surface area contributed by atoms with Crippen LogP contribution in [0.2, 0.25) is 0 Å². The Balaban J connectivity index is 2.24. The SMILES string of the molecule is Cc1ccc(N)c(NC(=O)c2ccoc2C)c1. The van der Waals surface area contributed by atoms with Gasteiger partial charge in [-0.3, -0.25) is 4.79 Å². The molecule has 0 aliphatic carbocycles. The molecule has 3 N–H and O–H groups in total. The summed E-state index contributed by atoms with van der Waals surface area (Å²) in [5, 5.41) is 2.77. The number of carbonyl (C=O) groups is 1. The molecule has 1 aromatic carbocycles. The fourth-order valence-corrected chi connectivity index (χ4v) is 1.59. The minimum atomic E-state index is -0.214. The molecule has 1 heterocycles. The van der Waals surface area contributed by atoms with E-state index in [1.54, 1.807) is 19.1 Å². The summed E-state index contributed by atoms with van der Waals surface area (Å²) in [6, 6.07) is 7.14. The van der Waals surface area contributed by atoms with E-state index in [0.29, 0.717) is 22.7 Å². The van der Waals surface area contributed by atoms with Crippen molar-refractivity contribution in [3.63, 3.8) is 0 Å². The number of rotatable bonds is 2. The molecule has 88 valence electrons. The van der Waals surface area contributed by atoms with Gasteiger partial charge >= 0.3 is 0 Å². The average Bonchev–Trinajstić information content (AvgIpc) is 2.70. The summed E-state index contributed by atoms with van der Waals surface area (Å²) < 4.78 is 5.09. The Hall–Kier alpha value is -2.23. The summed E-state index contributed by atoms with van der Waals surface area (Å²) in [6.45, 7) is 3.69. The van der Waals surface area contributed by atoms with E-state index in [9.17, 15) is 4.79 Å². The third-order valence-electron chi connectivity index (χ3n) is 2.56. The molecule has 4 heteroatoms. The van der Waals surface area contributed by atoms with Gasteiger partial charge in [0.1, 0.15) is 5.76 Å². The van der Waals surface area contributed by atoms with Crippen LogP contribution >= 0.6 is 0 Å². The Bertz CT molecular complexity index is 558. The molecule has 0 spiro atoms. The molecular weight excluding hydrogens is 216 g/mol. The Labute approximate surface area is 99.4 Å². The largest absolute Gasteiger partial charge is 0.469 e. The van der Waals surface area contributed by atoms with Crippen molar-refractivity contribution in [2.45, 2.75) is 13.8 Å². The lowest BCUT2D eigenvalue weighted by Crippen LogP contribution is -2.13. The molecule has 4 nitrogen and oxygen atoms in total. The highest BCUT2D eigenvalue weighted by Gasteiger charge is 2.12. The van der Waals surface area contributed by atoms with Crippen molar-refractivity contribution in [1.82, 2.24) is 0 Å². The van der Waals surface area contributed by atoms with Crippen LogP contribution < -0.4 is 11.1 Å². The Kier molecular flexibility index (Phi) is 2.87. The third kappa shape index (κ3) is 2.30. The van der Waals surface area contributed by atoms with Crippen molar-refractivity contribution < 1.29 is 9.21 Å². The normalized spacial score (nSPS) is 10.2. The first-order valence-electron chi connectivity index (χ1n) is 5.29. The molecule has 0 saturated heterocycles. The zero-order valence-electron chi connectivity index (χ0n) is 9.78. The molecule has 0 atom stereocenters. The number of hydrogen-bond donors (Lipinski definition) is 2. The van der Waals surface area contributed by atoms with Crippen LogP contribution in [0.5, 0.6) is 0 Å². The highest BCUT2D eigenvalue weighted by molar-refractivity contribution is 6.06. The van der Waals surface area contributed by atoms with E-state index in [1.165, 1.54) is 6.26 Å². The number of nitrogen functional groups attached to an aromatic ring is 1. The summed E-state index contributed by atoms with van der Waals surface area (Å²) in [5.41, 5.74) is 8.52. The van der Waals surface area contributed by atoms with E-state index >= 15 is 0 Å². The van der Waals surface area contributed by atoms with Crippen LogP contribution in [0.3, 0.4) is 0 Å². The molecule has 0 unspecified atom stereocenters. The van der Waals surface area contributed by atoms with Crippen molar-refractivity contribution in [3.8, 4) is 0 Å². The lowest BCUT2D eigenvalue weighted by atomic mass is 10.2. The van der Waals surface area contributed by atoms with Gasteiger partial charge in [0.25, 0.3) is 5.91 Å². The third-order valence-corrected chi connectivity index (χ3v) is 2.56. The van der Waals surface area contributed by atoms with E-state index in [4.69, 9.17) is 10.2 Å². The molecule has 0 aliphatic rings. The number of anilines is 2. The lowest BCUT2D eigenvalue weighted by molar-refractivity contribution is 0.102. The van der Waals surface area contributed by atoms with Crippen LogP contribution in [-0.4, -0.2) is 5.91 Å². The second-order valence-corrected chi connectivity index (χ2v) is 3.94. The van der Waals surface area contributed by atoms with Crippen molar-refractivity contribution in [3.05, 3.63) is 47.4 Å². The van der Waals surface area contributed by atoms with Crippen molar-refractivity contribution in [2.75, 3.05) is 11.1 Å². The van der Waals surface area contributed by atoms with Gasteiger partial charge in [-0.15, -0.1) is 0 Å². The van der Waals surface area contributed by atoms with Gasteiger partial charge in [-0.2, -0.15) is 0 Å². The van der Waals surface area contributed by atoms with E-state index in [2.05, 4.69) is 5.32 Å². The molecular formula is C13H14N2O2. The van der Waals surface area contributed by atoms with Crippen molar-refractivity contribution in [1.29, 1.82) is 0 Å². The van der Waals surface area contributed by atoms with E-state index in [1.807, 2.05) is 19.1 Å². The predicted molar refractivity (Wildman–Crippen MR) is 67.0 cm³/mol. The topological polar surface area (TPSA) is 68.3 Å². The summed E-state index contributed by atoms with van der Waals surface area (Å²) >= 11 is 0. The molecule has 1 aromatic heterocycles. The number of aryl methyl sites for hydroxylation is 2. The Morgan fingerprint density at radius 3 is 2.71 bits per heavy atom. The van der Waals surface area contributed by atoms with Crippen LogP contribution in [0.1, 0.15) is 21.7 Å². The van der Waals surface area contributed by atoms with E-state index in [0.717, 1.165) is 5.56 Å². The molecule has 2 aromatic rings. The summed E-state index contributed by atoms with van der Waals surface area (Å²) in [5.74, 6) is 0.377. The number of nitrogens with one attached hydrogen (secondary N) is 1. The first-order chi connectivity index (χ1) is 8.08. The average molecular weight is 230 g/mol. The van der Waals surface area contributed by atoms with E-state index < -0.39 is 0 Å². The first kappa shape index (κ1) is 11.3. The highest BCUT2D eigenvalue weighted by Crippen LogP contribution is 2.21. The maximum atomic E-state index is 11.9. The number of carbonyl (C=O) groups excluding carboxylic acids is 1. The van der Waals surface area contributed by atoms with Gasteiger partial charge in [-0.05, 0) is 37.6 Å². The number of hydrogen-bond acceptors (Lipinski definition) is 3. The number of benzene rings is 1. The molecule has 0 saturated carbocycles. The smallest absolute Gasteiger partial charge is 0.259 e. The molecule has 0 fully saturated rings. The van der Waals surface area contributed by atoms with Crippen LogP contribution in [0.15, 0.2) is 34.9 Å². The van der Waals surface area contributed by atoms with Gasteiger partial charge in [0.05, 0.1) is 23.2 Å². The molecule has 0 aliphatic heterocycles. The van der Waals surface area contributed by atoms with Gasteiger partial charge in [-0.25, -0.2) is 0 Å². The molecule has 0 bridgehead atoms. The molecule has 1 amide bonds. The molecule has 17 heavy (non-hydrogen) atoms. The van der Waals surface area contributed by atoms with Crippen molar-refractivity contribution in [2.24, 2.45) is 0 Å². The van der Waals surface area contributed by atoms with Crippen LogP contribution in [0, 0.1) is 13.8 Å². The summed E-state index contributed by atoms with van der Waals surface area (Å²) in [7, 11) is 0. The fourth-order valence-electron chi connectivity index (χ4n) is 1.59. The van der Waals surface area contributed by atoms with E-state index in [-0.39, 0.29) is 5.91 Å². The first-order valence-corrected chi connectivity index (χ1v) is 5.29. The Morgan fingerprint density at radius 2 is 2.06 bits per heavy atom. The minimum absolute atomic E-state index is 0.214. The lowest BCUT2D eigenvalue weighted by Gasteiger charge is -2.08. The quantitative estimate of drug-likeness (QED) is 0.779. The number of nitrogens with two attached hydrogens (primary N) is 1. The zero-order chi connectivity index (χ0) is 12.4. The predicted octanol–water partition coefficient (Wildman–Crippen LogP) is 2.73. The maximum Gasteiger partial charge on any atom is 0.259 e. The van der Waals surface area contributed by atoms with Gasteiger partial charge in [-0.1, -0.05) is 6.07 Å². The molecule has 0 radical (unpaired) electrons. The molecule has 2 rings (SSSR count). The van der Waals surface area contributed by atoms with Crippen molar-refractivity contribution >= 4 is 17.3 Å². The zero-order valence-corrected chi connectivity index (χ0v) is 9.78. The second kappa shape index (κ2) is 4.33. The van der Waals surface area contributed by atoms with Gasteiger partial charge in [0, 0.05) is 0 Å². The maximum absolute atomic E-state index is 11.9. The van der Waals surface area contributed by atoms with Gasteiger partial charge < -0.3 is 15.5 Å². The monoisotopic (exact) mass is 230 g/mol. The van der Waals surface area contributed by atoms with Crippen LogP contribution in [-0.2, 0) is 0 Å². The van der Waals surface area contributed by atoms with Gasteiger partial charge in [0.15, 0.2) is 0 Å². The summed E-state index contributed by atoms with van der Waals surface area (Å²) in [6.07, 6.45) is 1.49. The van der Waals surface area contributed by atoms with Gasteiger partial charge in [0.2, 0.25) is 0 Å². The second-order valence-electron chi connectivity index (χ2n) is 3.94. The highest BCUT2D eigenvalue weighted by atomic mass is 16.3. The fraction of sp³-hybridized carbons (Fsp3) is 0.154. The standard InChI is InChI=1S/C13H14N2O2/c1-8-3-4-11(14)12(7-8)15-13(16)10-5-6-17-9(10)2/h3-7H,14H2,1-2H3,(H,15,16).